The predicted molar refractivity (Wildman–Crippen MR) is 89.2 cm³/mol. The maximum Gasteiger partial charge on any atom is 0.255 e. The highest BCUT2D eigenvalue weighted by Crippen LogP contribution is 2.22. The normalized spacial score (nSPS) is 15.6. The molecule has 4 heteroatoms. The first kappa shape index (κ1) is 14.6. The van der Waals surface area contributed by atoms with Crippen LogP contribution in [0.5, 0.6) is 0 Å². The van der Waals surface area contributed by atoms with Crippen molar-refractivity contribution in [2.75, 3.05) is 23.3 Å². The molecule has 22 heavy (non-hydrogen) atoms. The van der Waals surface area contributed by atoms with Crippen LogP contribution in [-0.2, 0) is 0 Å². The molecule has 0 spiro atoms. The zero-order valence-electron chi connectivity index (χ0n) is 12.8. The van der Waals surface area contributed by atoms with Crippen LogP contribution >= 0.6 is 0 Å². The Morgan fingerprint density at radius 1 is 1.14 bits per heavy atom. The molecule has 2 aromatic rings. The monoisotopic (exact) mass is 295 g/mol. The first-order chi connectivity index (χ1) is 10.7. The lowest BCUT2D eigenvalue weighted by Crippen LogP contribution is -2.33. The van der Waals surface area contributed by atoms with Crippen molar-refractivity contribution in [3.8, 4) is 0 Å². The van der Waals surface area contributed by atoms with Crippen LogP contribution in [0.25, 0.3) is 0 Å². The molecule has 3 rings (SSSR count). The van der Waals surface area contributed by atoms with E-state index in [1.165, 1.54) is 12.8 Å². The second-order valence-electron chi connectivity index (χ2n) is 5.89. The van der Waals surface area contributed by atoms with Gasteiger partial charge in [0.05, 0.1) is 11.9 Å². The third-order valence-corrected chi connectivity index (χ3v) is 4.15. The van der Waals surface area contributed by atoms with Crippen LogP contribution in [0.3, 0.4) is 0 Å². The molecule has 1 saturated heterocycles. The summed E-state index contributed by atoms with van der Waals surface area (Å²) in [5, 5.41) is 2.88. The molecule has 0 atom stereocenters. The number of piperidine rings is 1. The first-order valence-corrected chi connectivity index (χ1v) is 7.80. The highest BCUT2D eigenvalue weighted by atomic mass is 16.1. The Labute approximate surface area is 131 Å². The zero-order valence-corrected chi connectivity index (χ0v) is 12.8. The molecule has 0 radical (unpaired) electrons. The van der Waals surface area contributed by atoms with Gasteiger partial charge in [0.1, 0.15) is 5.82 Å². The number of hydrogen-bond donors (Lipinski definition) is 1. The third-order valence-electron chi connectivity index (χ3n) is 4.15. The Morgan fingerprint density at radius 3 is 2.50 bits per heavy atom. The van der Waals surface area contributed by atoms with Crippen molar-refractivity contribution in [2.45, 2.75) is 19.8 Å². The number of anilines is 2. The Morgan fingerprint density at radius 2 is 1.86 bits per heavy atom. The summed E-state index contributed by atoms with van der Waals surface area (Å²) in [6, 6.07) is 13.1. The number of amides is 1. The maximum absolute atomic E-state index is 12.1. The van der Waals surface area contributed by atoms with Crippen molar-refractivity contribution in [1.82, 2.24) is 4.98 Å². The van der Waals surface area contributed by atoms with Gasteiger partial charge in [-0.2, -0.15) is 0 Å². The van der Waals surface area contributed by atoms with Crippen molar-refractivity contribution in [1.29, 1.82) is 0 Å². The van der Waals surface area contributed by atoms with E-state index in [-0.39, 0.29) is 5.91 Å². The zero-order chi connectivity index (χ0) is 15.4. The van der Waals surface area contributed by atoms with Gasteiger partial charge >= 0.3 is 0 Å². The maximum atomic E-state index is 12.1. The van der Waals surface area contributed by atoms with E-state index in [1.54, 1.807) is 18.3 Å². The van der Waals surface area contributed by atoms with Gasteiger partial charge in [0.2, 0.25) is 0 Å². The average molecular weight is 295 g/mol. The molecule has 1 aromatic heterocycles. The van der Waals surface area contributed by atoms with E-state index < -0.39 is 0 Å². The Hall–Kier alpha value is -2.36. The molecule has 1 fully saturated rings. The smallest absolute Gasteiger partial charge is 0.255 e. The summed E-state index contributed by atoms with van der Waals surface area (Å²) in [7, 11) is 0. The average Bonchev–Trinajstić information content (AvgIpc) is 2.57. The molecule has 0 unspecified atom stereocenters. The molecule has 1 amide bonds. The molecule has 4 nitrogen and oxygen atoms in total. The molecule has 0 saturated carbocycles. The predicted octanol–water partition coefficient (Wildman–Crippen LogP) is 3.57. The number of carbonyl (C=O) groups is 1. The highest BCUT2D eigenvalue weighted by molar-refractivity contribution is 6.04. The lowest BCUT2D eigenvalue weighted by molar-refractivity contribution is 0.102. The van der Waals surface area contributed by atoms with E-state index in [9.17, 15) is 4.79 Å². The van der Waals surface area contributed by atoms with Crippen molar-refractivity contribution >= 4 is 17.4 Å². The number of hydrogen-bond acceptors (Lipinski definition) is 3. The SMILES string of the molecule is CC1CCN(c2ccc(NC(=O)c3ccccc3)cn2)CC1. The molecule has 2 heterocycles. The van der Waals surface area contributed by atoms with Crippen molar-refractivity contribution in [3.63, 3.8) is 0 Å². The van der Waals surface area contributed by atoms with E-state index in [4.69, 9.17) is 0 Å². The molecular weight excluding hydrogens is 274 g/mol. The molecule has 1 N–H and O–H groups in total. The lowest BCUT2D eigenvalue weighted by atomic mass is 9.99. The summed E-state index contributed by atoms with van der Waals surface area (Å²) >= 11 is 0. The number of aromatic nitrogens is 1. The van der Waals surface area contributed by atoms with Crippen LogP contribution in [0.15, 0.2) is 48.7 Å². The summed E-state index contributed by atoms with van der Waals surface area (Å²) in [6.45, 7) is 4.42. The fourth-order valence-electron chi connectivity index (χ4n) is 2.68. The molecule has 1 aliphatic rings. The molecule has 0 aliphatic carbocycles. The van der Waals surface area contributed by atoms with Crippen molar-refractivity contribution in [3.05, 3.63) is 54.2 Å². The van der Waals surface area contributed by atoms with Gasteiger partial charge in [0, 0.05) is 18.7 Å². The van der Waals surface area contributed by atoms with Gasteiger partial charge in [0.15, 0.2) is 0 Å². The summed E-state index contributed by atoms with van der Waals surface area (Å²) in [5.74, 6) is 1.69. The van der Waals surface area contributed by atoms with E-state index in [0.29, 0.717) is 5.56 Å². The quantitative estimate of drug-likeness (QED) is 0.941. The fraction of sp³-hybridized carbons (Fsp3) is 0.333. The minimum absolute atomic E-state index is 0.109. The lowest BCUT2D eigenvalue weighted by Gasteiger charge is -2.31. The molecular formula is C18H21N3O. The Bertz CT molecular complexity index is 617. The van der Waals surface area contributed by atoms with Gasteiger partial charge < -0.3 is 10.2 Å². The summed E-state index contributed by atoms with van der Waals surface area (Å²) in [6.07, 6.45) is 4.16. The summed E-state index contributed by atoms with van der Waals surface area (Å²) in [5.41, 5.74) is 1.37. The van der Waals surface area contributed by atoms with Crippen LogP contribution in [0, 0.1) is 5.92 Å². The molecule has 114 valence electrons. The van der Waals surface area contributed by atoms with E-state index in [0.717, 1.165) is 30.5 Å². The van der Waals surface area contributed by atoms with Gasteiger partial charge in [-0.15, -0.1) is 0 Å². The number of nitrogens with zero attached hydrogens (tertiary/aromatic N) is 2. The Kier molecular flexibility index (Phi) is 4.37. The van der Waals surface area contributed by atoms with E-state index in [1.807, 2.05) is 30.3 Å². The first-order valence-electron chi connectivity index (χ1n) is 7.80. The third kappa shape index (κ3) is 3.45. The van der Waals surface area contributed by atoms with Crippen LogP contribution in [0.4, 0.5) is 11.5 Å². The highest BCUT2D eigenvalue weighted by Gasteiger charge is 2.16. The molecule has 0 bridgehead atoms. The van der Waals surface area contributed by atoms with Gasteiger partial charge in [-0.1, -0.05) is 25.1 Å². The molecule has 1 aliphatic heterocycles. The minimum atomic E-state index is -0.109. The number of rotatable bonds is 3. The van der Waals surface area contributed by atoms with Gasteiger partial charge in [0.25, 0.3) is 5.91 Å². The van der Waals surface area contributed by atoms with Gasteiger partial charge in [-0.3, -0.25) is 4.79 Å². The van der Waals surface area contributed by atoms with E-state index >= 15 is 0 Å². The fourth-order valence-corrected chi connectivity index (χ4v) is 2.68. The second kappa shape index (κ2) is 6.60. The van der Waals surface area contributed by atoms with Gasteiger partial charge in [-0.25, -0.2) is 4.98 Å². The minimum Gasteiger partial charge on any atom is -0.357 e. The van der Waals surface area contributed by atoms with Crippen molar-refractivity contribution < 1.29 is 4.79 Å². The van der Waals surface area contributed by atoms with Crippen LogP contribution in [0.1, 0.15) is 30.1 Å². The number of carbonyl (C=O) groups excluding carboxylic acids is 1. The summed E-state index contributed by atoms with van der Waals surface area (Å²) < 4.78 is 0. The van der Waals surface area contributed by atoms with Crippen molar-refractivity contribution in [2.24, 2.45) is 5.92 Å². The largest absolute Gasteiger partial charge is 0.357 e. The van der Waals surface area contributed by atoms with Crippen LogP contribution < -0.4 is 10.2 Å². The number of nitrogens with one attached hydrogen (secondary N) is 1. The Balaban J connectivity index is 1.63. The standard InChI is InChI=1S/C18H21N3O/c1-14-9-11-21(12-10-14)17-8-7-16(13-19-17)20-18(22)15-5-3-2-4-6-15/h2-8,13-14H,9-12H2,1H3,(H,20,22). The van der Waals surface area contributed by atoms with Crippen LogP contribution in [-0.4, -0.2) is 24.0 Å². The number of benzene rings is 1. The molecule has 1 aromatic carbocycles. The van der Waals surface area contributed by atoms with Crippen LogP contribution in [0.2, 0.25) is 0 Å². The summed E-state index contributed by atoms with van der Waals surface area (Å²) in [4.78, 5) is 18.9. The number of pyridine rings is 1. The van der Waals surface area contributed by atoms with E-state index in [2.05, 4.69) is 22.1 Å². The second-order valence-corrected chi connectivity index (χ2v) is 5.89. The van der Waals surface area contributed by atoms with Gasteiger partial charge in [-0.05, 0) is 43.0 Å². The topological polar surface area (TPSA) is 45.2 Å².